The largest absolute Gasteiger partial charge is 0.481 e. The minimum atomic E-state index is -0.607. The Morgan fingerprint density at radius 3 is 2.38 bits per heavy atom. The van der Waals surface area contributed by atoms with Gasteiger partial charge in [0.05, 0.1) is 6.04 Å². The summed E-state index contributed by atoms with van der Waals surface area (Å²) >= 11 is 0. The van der Waals surface area contributed by atoms with E-state index >= 15 is 0 Å². The minimum absolute atomic E-state index is 0.109. The molecule has 0 aliphatic rings. The molecule has 1 N–H and O–H groups in total. The molecule has 2 rings (SSSR count). The first kappa shape index (κ1) is 18.0. The van der Waals surface area contributed by atoms with Crippen LogP contribution in [-0.4, -0.2) is 12.0 Å². The smallest absolute Gasteiger partial charge is 0.261 e. The predicted molar refractivity (Wildman–Crippen MR) is 93.6 cm³/mol. The molecule has 2 atom stereocenters. The molecule has 2 unspecified atom stereocenters. The van der Waals surface area contributed by atoms with Gasteiger partial charge in [-0.2, -0.15) is 0 Å². The first-order valence-corrected chi connectivity index (χ1v) is 8.20. The lowest BCUT2D eigenvalue weighted by Crippen LogP contribution is -2.39. The average molecular weight is 329 g/mol. The number of amides is 1. The van der Waals surface area contributed by atoms with Crippen molar-refractivity contribution in [3.8, 4) is 5.75 Å². The molecule has 2 aromatic rings. The van der Waals surface area contributed by atoms with Gasteiger partial charge in [-0.15, -0.1) is 0 Å². The summed E-state index contributed by atoms with van der Waals surface area (Å²) in [5, 5.41) is 2.99. The molecule has 0 fully saturated rings. The molecule has 0 aromatic heterocycles. The number of halogens is 1. The Balaban J connectivity index is 2.02. The van der Waals surface area contributed by atoms with E-state index in [0.717, 1.165) is 5.56 Å². The van der Waals surface area contributed by atoms with E-state index in [9.17, 15) is 9.18 Å². The van der Waals surface area contributed by atoms with Crippen LogP contribution in [0.1, 0.15) is 43.0 Å². The highest BCUT2D eigenvalue weighted by Crippen LogP contribution is 2.18. The number of benzene rings is 2. The van der Waals surface area contributed by atoms with Crippen LogP contribution in [0.2, 0.25) is 0 Å². The molecular formula is C20H24FNO2. The molecular weight excluding hydrogens is 305 g/mol. The summed E-state index contributed by atoms with van der Waals surface area (Å²) in [5.41, 5.74) is 3.48. The van der Waals surface area contributed by atoms with Crippen molar-refractivity contribution in [1.29, 1.82) is 0 Å². The zero-order chi connectivity index (χ0) is 17.7. The van der Waals surface area contributed by atoms with Gasteiger partial charge >= 0.3 is 0 Å². The molecule has 3 nitrogen and oxygen atoms in total. The summed E-state index contributed by atoms with van der Waals surface area (Å²) < 4.78 is 18.6. The third-order valence-corrected chi connectivity index (χ3v) is 4.14. The van der Waals surface area contributed by atoms with Crippen molar-refractivity contribution in [2.24, 2.45) is 0 Å². The molecule has 0 saturated heterocycles. The van der Waals surface area contributed by atoms with Gasteiger partial charge in [0.25, 0.3) is 5.91 Å². The first-order chi connectivity index (χ1) is 11.4. The van der Waals surface area contributed by atoms with Gasteiger partial charge < -0.3 is 10.1 Å². The normalized spacial score (nSPS) is 13.2. The minimum Gasteiger partial charge on any atom is -0.481 e. The molecule has 0 spiro atoms. The van der Waals surface area contributed by atoms with E-state index in [4.69, 9.17) is 4.74 Å². The lowest BCUT2D eigenvalue weighted by atomic mass is 10.0. The van der Waals surface area contributed by atoms with Crippen LogP contribution in [0.4, 0.5) is 4.39 Å². The molecule has 0 radical (unpaired) electrons. The van der Waals surface area contributed by atoms with Crippen LogP contribution in [0.15, 0.2) is 42.5 Å². The number of hydrogen-bond donors (Lipinski definition) is 1. The first-order valence-electron chi connectivity index (χ1n) is 8.20. The Morgan fingerprint density at radius 2 is 1.79 bits per heavy atom. The second-order valence-electron chi connectivity index (χ2n) is 6.04. The Morgan fingerprint density at radius 1 is 1.12 bits per heavy atom. The van der Waals surface area contributed by atoms with E-state index in [2.05, 4.69) is 31.3 Å². The van der Waals surface area contributed by atoms with Crippen molar-refractivity contribution in [2.75, 3.05) is 0 Å². The lowest BCUT2D eigenvalue weighted by molar-refractivity contribution is -0.128. The highest BCUT2D eigenvalue weighted by atomic mass is 19.1. The maximum atomic E-state index is 13.0. The Kier molecular flexibility index (Phi) is 5.96. The summed E-state index contributed by atoms with van der Waals surface area (Å²) in [4.78, 5) is 12.5. The van der Waals surface area contributed by atoms with Gasteiger partial charge in [-0.3, -0.25) is 4.79 Å². The van der Waals surface area contributed by atoms with Gasteiger partial charge in [-0.05, 0) is 68.1 Å². The second kappa shape index (κ2) is 7.95. The number of ether oxygens (including phenoxy) is 1. The number of hydrogen-bond acceptors (Lipinski definition) is 2. The lowest BCUT2D eigenvalue weighted by Gasteiger charge is -2.21. The van der Waals surface area contributed by atoms with Crippen LogP contribution in [-0.2, 0) is 4.79 Å². The van der Waals surface area contributed by atoms with Crippen LogP contribution in [0.3, 0.4) is 0 Å². The van der Waals surface area contributed by atoms with E-state index in [1.165, 1.54) is 35.4 Å². The monoisotopic (exact) mass is 329 g/mol. The highest BCUT2D eigenvalue weighted by Gasteiger charge is 2.20. The maximum Gasteiger partial charge on any atom is 0.261 e. The Hall–Kier alpha value is -2.36. The molecule has 4 heteroatoms. The molecule has 0 bridgehead atoms. The van der Waals surface area contributed by atoms with Gasteiger partial charge in [0.15, 0.2) is 6.10 Å². The van der Waals surface area contributed by atoms with E-state index in [0.29, 0.717) is 12.2 Å². The zero-order valence-electron chi connectivity index (χ0n) is 14.6. The van der Waals surface area contributed by atoms with Crippen LogP contribution >= 0.6 is 0 Å². The fourth-order valence-electron chi connectivity index (χ4n) is 2.42. The number of aryl methyl sites for hydroxylation is 2. The van der Waals surface area contributed by atoms with Crippen LogP contribution in [0.5, 0.6) is 5.75 Å². The van der Waals surface area contributed by atoms with Crippen LogP contribution in [0.25, 0.3) is 0 Å². The van der Waals surface area contributed by atoms with Gasteiger partial charge in [0, 0.05) is 0 Å². The molecule has 0 aliphatic heterocycles. The number of carbonyl (C=O) groups is 1. The Bertz CT molecular complexity index is 697. The molecule has 1 amide bonds. The van der Waals surface area contributed by atoms with Crippen molar-refractivity contribution in [2.45, 2.75) is 46.3 Å². The van der Waals surface area contributed by atoms with Crippen LogP contribution < -0.4 is 10.1 Å². The van der Waals surface area contributed by atoms with E-state index < -0.39 is 6.10 Å². The van der Waals surface area contributed by atoms with Crippen molar-refractivity contribution in [1.82, 2.24) is 5.32 Å². The maximum absolute atomic E-state index is 13.0. The quantitative estimate of drug-likeness (QED) is 0.849. The highest BCUT2D eigenvalue weighted by molar-refractivity contribution is 5.81. The summed E-state index contributed by atoms with van der Waals surface area (Å²) in [6.45, 7) is 7.95. The molecule has 0 heterocycles. The summed E-state index contributed by atoms with van der Waals surface area (Å²) in [5.74, 6) is -0.0204. The fourth-order valence-corrected chi connectivity index (χ4v) is 2.42. The van der Waals surface area contributed by atoms with Crippen molar-refractivity contribution >= 4 is 5.91 Å². The van der Waals surface area contributed by atoms with Gasteiger partial charge in [-0.1, -0.05) is 25.1 Å². The Labute approximate surface area is 142 Å². The van der Waals surface area contributed by atoms with Crippen molar-refractivity contribution in [3.05, 3.63) is 65.0 Å². The summed E-state index contributed by atoms with van der Waals surface area (Å²) in [6, 6.07) is 11.7. The van der Waals surface area contributed by atoms with E-state index in [1.54, 1.807) is 0 Å². The van der Waals surface area contributed by atoms with Gasteiger partial charge in [0.1, 0.15) is 11.6 Å². The van der Waals surface area contributed by atoms with Crippen LogP contribution in [0, 0.1) is 19.7 Å². The zero-order valence-corrected chi connectivity index (χ0v) is 14.6. The van der Waals surface area contributed by atoms with Crippen molar-refractivity contribution < 1.29 is 13.9 Å². The van der Waals surface area contributed by atoms with Gasteiger partial charge in [-0.25, -0.2) is 4.39 Å². The number of nitrogens with one attached hydrogen (secondary N) is 1. The molecule has 0 saturated carbocycles. The average Bonchev–Trinajstić information content (AvgIpc) is 2.56. The SMILES string of the molecule is CCC(Oc1ccc(F)cc1)C(=O)NC(C)c1ccc(C)c(C)c1. The van der Waals surface area contributed by atoms with Crippen molar-refractivity contribution in [3.63, 3.8) is 0 Å². The topological polar surface area (TPSA) is 38.3 Å². The standard InChI is InChI=1S/C20H24FNO2/c1-5-19(24-18-10-8-17(21)9-11-18)20(23)22-15(4)16-7-6-13(2)14(3)12-16/h6-12,15,19H,5H2,1-4H3,(H,22,23). The summed E-state index contributed by atoms with van der Waals surface area (Å²) in [6.07, 6.45) is -0.0764. The predicted octanol–water partition coefficient (Wildman–Crippen LogP) is 4.48. The number of rotatable bonds is 6. The second-order valence-corrected chi connectivity index (χ2v) is 6.04. The van der Waals surface area contributed by atoms with E-state index in [1.807, 2.05) is 19.9 Å². The molecule has 128 valence electrons. The van der Waals surface area contributed by atoms with E-state index in [-0.39, 0.29) is 17.8 Å². The fraction of sp³-hybridized carbons (Fsp3) is 0.350. The van der Waals surface area contributed by atoms with Gasteiger partial charge in [0.2, 0.25) is 0 Å². The summed E-state index contributed by atoms with van der Waals surface area (Å²) in [7, 11) is 0. The molecule has 0 aliphatic carbocycles. The number of carbonyl (C=O) groups excluding carboxylic acids is 1. The third kappa shape index (κ3) is 4.57. The molecule has 24 heavy (non-hydrogen) atoms. The third-order valence-electron chi connectivity index (χ3n) is 4.14. The molecule has 2 aromatic carbocycles.